The molecule has 0 spiro atoms. The summed E-state index contributed by atoms with van der Waals surface area (Å²) in [6, 6.07) is 0.578. The zero-order valence-corrected chi connectivity index (χ0v) is 10.1. The van der Waals surface area contributed by atoms with Gasteiger partial charge in [0.15, 0.2) is 5.78 Å². The number of allylic oxidation sites excluding steroid dienone is 3. The van der Waals surface area contributed by atoms with Gasteiger partial charge in [0.25, 0.3) is 0 Å². The molecule has 0 aromatic heterocycles. The fourth-order valence-electron chi connectivity index (χ4n) is 2.57. The third-order valence-corrected chi connectivity index (χ3v) is 3.47. The van der Waals surface area contributed by atoms with Crippen LogP contribution in [0.4, 0.5) is 0 Å². The third-order valence-electron chi connectivity index (χ3n) is 3.47. The Labute approximate surface area is 97.8 Å². The van der Waals surface area contributed by atoms with E-state index in [9.17, 15) is 4.79 Å². The Kier molecular flexibility index (Phi) is 3.94. The van der Waals surface area contributed by atoms with E-state index in [1.54, 1.807) is 0 Å². The molecule has 2 heteroatoms. The summed E-state index contributed by atoms with van der Waals surface area (Å²) in [5.41, 5.74) is 2.41. The predicted molar refractivity (Wildman–Crippen MR) is 66.3 cm³/mol. The Balaban J connectivity index is 2.05. The summed E-state index contributed by atoms with van der Waals surface area (Å²) in [6.45, 7) is 3.28. The van der Waals surface area contributed by atoms with Crippen LogP contribution in [0.15, 0.2) is 23.3 Å². The van der Waals surface area contributed by atoms with E-state index in [1.165, 1.54) is 12.0 Å². The molecule has 1 atom stereocenters. The van der Waals surface area contributed by atoms with Crippen molar-refractivity contribution in [3.05, 3.63) is 23.3 Å². The monoisotopic (exact) mass is 219 g/mol. The molecule has 2 aliphatic carbocycles. The van der Waals surface area contributed by atoms with Crippen LogP contribution in [0, 0.1) is 0 Å². The molecule has 0 amide bonds. The average Bonchev–Trinajstić information content (AvgIpc) is 2.49. The van der Waals surface area contributed by atoms with Crippen LogP contribution in [0.1, 0.15) is 45.4 Å². The molecule has 0 saturated carbocycles. The molecule has 0 bridgehead atoms. The minimum absolute atomic E-state index is 0.383. The topological polar surface area (TPSA) is 29.1 Å². The fourth-order valence-corrected chi connectivity index (χ4v) is 2.57. The molecule has 0 radical (unpaired) electrons. The summed E-state index contributed by atoms with van der Waals surface area (Å²) in [7, 11) is 0. The van der Waals surface area contributed by atoms with E-state index in [-0.39, 0.29) is 0 Å². The number of Topliss-reactive ketones (excluding diaryl/α,β-unsaturated/α-hetero) is 1. The van der Waals surface area contributed by atoms with Crippen molar-refractivity contribution in [2.45, 2.75) is 51.5 Å². The molecular formula is C14H21NO. The Morgan fingerprint density at radius 2 is 2.31 bits per heavy atom. The van der Waals surface area contributed by atoms with E-state index in [2.05, 4.69) is 24.4 Å². The Morgan fingerprint density at radius 3 is 3.12 bits per heavy atom. The van der Waals surface area contributed by atoms with Gasteiger partial charge in [0, 0.05) is 12.5 Å². The summed E-state index contributed by atoms with van der Waals surface area (Å²) in [4.78, 5) is 11.9. The van der Waals surface area contributed by atoms with Crippen LogP contribution in [-0.2, 0) is 4.79 Å². The number of carbonyl (C=O) groups is 1. The van der Waals surface area contributed by atoms with Gasteiger partial charge < -0.3 is 5.32 Å². The average molecular weight is 219 g/mol. The van der Waals surface area contributed by atoms with Crippen LogP contribution in [0.3, 0.4) is 0 Å². The molecule has 0 aromatic carbocycles. The second kappa shape index (κ2) is 5.44. The lowest BCUT2D eigenvalue weighted by Crippen LogP contribution is -2.33. The maximum atomic E-state index is 11.9. The second-order valence-corrected chi connectivity index (χ2v) is 4.76. The van der Waals surface area contributed by atoms with E-state index < -0.39 is 0 Å². The number of ketones is 1. The van der Waals surface area contributed by atoms with Crippen molar-refractivity contribution in [1.82, 2.24) is 5.32 Å². The van der Waals surface area contributed by atoms with Crippen molar-refractivity contribution in [2.24, 2.45) is 0 Å². The van der Waals surface area contributed by atoms with Gasteiger partial charge in [-0.25, -0.2) is 0 Å². The molecule has 2 nitrogen and oxygen atoms in total. The fraction of sp³-hybridized carbons (Fsp3) is 0.643. The normalized spacial score (nSPS) is 25.6. The smallest absolute Gasteiger partial charge is 0.159 e. The highest BCUT2D eigenvalue weighted by Crippen LogP contribution is 2.29. The van der Waals surface area contributed by atoms with Crippen molar-refractivity contribution in [2.75, 3.05) is 6.54 Å². The molecule has 0 aromatic rings. The summed E-state index contributed by atoms with van der Waals surface area (Å²) >= 11 is 0. The second-order valence-electron chi connectivity index (χ2n) is 4.76. The summed E-state index contributed by atoms with van der Waals surface area (Å²) in [5.74, 6) is 0.383. The van der Waals surface area contributed by atoms with Crippen LogP contribution in [0.5, 0.6) is 0 Å². The van der Waals surface area contributed by atoms with Crippen molar-refractivity contribution in [1.29, 1.82) is 0 Å². The number of hydrogen-bond donors (Lipinski definition) is 1. The zero-order chi connectivity index (χ0) is 11.4. The first-order valence-electron chi connectivity index (χ1n) is 6.46. The minimum atomic E-state index is 0.383. The third kappa shape index (κ3) is 2.62. The highest BCUT2D eigenvalue weighted by molar-refractivity contribution is 5.97. The van der Waals surface area contributed by atoms with Crippen LogP contribution in [0.2, 0.25) is 0 Å². The molecular weight excluding hydrogens is 198 g/mol. The van der Waals surface area contributed by atoms with Crippen molar-refractivity contribution in [3.8, 4) is 0 Å². The van der Waals surface area contributed by atoms with E-state index in [4.69, 9.17) is 0 Å². The van der Waals surface area contributed by atoms with Gasteiger partial charge in [-0.2, -0.15) is 0 Å². The molecule has 0 fully saturated rings. The first-order chi connectivity index (χ1) is 7.81. The van der Waals surface area contributed by atoms with E-state index >= 15 is 0 Å². The lowest BCUT2D eigenvalue weighted by Gasteiger charge is -2.25. The van der Waals surface area contributed by atoms with Gasteiger partial charge in [0.1, 0.15) is 0 Å². The molecule has 1 N–H and O–H groups in total. The van der Waals surface area contributed by atoms with Gasteiger partial charge >= 0.3 is 0 Å². The molecule has 16 heavy (non-hydrogen) atoms. The molecule has 2 aliphatic rings. The Bertz CT molecular complexity index is 328. The maximum Gasteiger partial charge on any atom is 0.159 e. The number of carbonyl (C=O) groups excluding carboxylic acids is 1. The molecule has 0 heterocycles. The maximum absolute atomic E-state index is 11.9. The van der Waals surface area contributed by atoms with Gasteiger partial charge in [-0.05, 0) is 49.8 Å². The van der Waals surface area contributed by atoms with Crippen molar-refractivity contribution < 1.29 is 4.79 Å². The Hall–Kier alpha value is -0.890. The predicted octanol–water partition coefficient (Wildman–Crippen LogP) is 2.75. The van der Waals surface area contributed by atoms with E-state index in [0.29, 0.717) is 18.2 Å². The van der Waals surface area contributed by atoms with Crippen LogP contribution in [-0.4, -0.2) is 18.4 Å². The summed E-state index contributed by atoms with van der Waals surface area (Å²) in [6.07, 6.45) is 10.3. The molecule has 2 rings (SSSR count). The van der Waals surface area contributed by atoms with Crippen LogP contribution < -0.4 is 5.32 Å². The molecule has 1 unspecified atom stereocenters. The first-order valence-corrected chi connectivity index (χ1v) is 6.46. The zero-order valence-electron chi connectivity index (χ0n) is 10.1. The number of rotatable bonds is 3. The molecule has 88 valence electrons. The lowest BCUT2D eigenvalue weighted by atomic mass is 9.86. The number of hydrogen-bond acceptors (Lipinski definition) is 2. The standard InChI is InChI=1S/C14H21NO/c1-2-9-15-12-7-8-13-11(10-12)5-3-4-6-14(13)16/h3,5,12,15H,2,4,6-10H2,1H3. The van der Waals surface area contributed by atoms with Crippen molar-refractivity contribution in [3.63, 3.8) is 0 Å². The van der Waals surface area contributed by atoms with Crippen LogP contribution >= 0.6 is 0 Å². The highest BCUT2D eigenvalue weighted by Gasteiger charge is 2.23. The largest absolute Gasteiger partial charge is 0.314 e. The lowest BCUT2D eigenvalue weighted by molar-refractivity contribution is -0.115. The van der Waals surface area contributed by atoms with Gasteiger partial charge in [0.05, 0.1) is 0 Å². The Morgan fingerprint density at radius 1 is 1.44 bits per heavy atom. The van der Waals surface area contributed by atoms with Gasteiger partial charge in [-0.15, -0.1) is 0 Å². The number of nitrogens with one attached hydrogen (secondary N) is 1. The van der Waals surface area contributed by atoms with Gasteiger partial charge in [-0.1, -0.05) is 19.1 Å². The van der Waals surface area contributed by atoms with Gasteiger partial charge in [0.2, 0.25) is 0 Å². The first kappa shape index (κ1) is 11.6. The van der Waals surface area contributed by atoms with E-state index in [0.717, 1.165) is 37.8 Å². The summed E-state index contributed by atoms with van der Waals surface area (Å²) in [5, 5.41) is 3.56. The molecule has 0 saturated heterocycles. The quantitative estimate of drug-likeness (QED) is 0.790. The van der Waals surface area contributed by atoms with E-state index in [1.807, 2.05) is 0 Å². The van der Waals surface area contributed by atoms with Gasteiger partial charge in [-0.3, -0.25) is 4.79 Å². The van der Waals surface area contributed by atoms with Crippen molar-refractivity contribution >= 4 is 5.78 Å². The SMILES string of the molecule is CCCNC1CCC2=C(C=CCCC2=O)C1. The van der Waals surface area contributed by atoms with Crippen LogP contribution in [0.25, 0.3) is 0 Å². The highest BCUT2D eigenvalue weighted by atomic mass is 16.1. The molecule has 0 aliphatic heterocycles. The summed E-state index contributed by atoms with van der Waals surface area (Å²) < 4.78 is 0. The minimum Gasteiger partial charge on any atom is -0.314 e.